The Morgan fingerprint density at radius 2 is 0.951 bits per heavy atom. The fraction of sp³-hybridized carbons (Fsp3) is 0. The lowest BCUT2D eigenvalue weighted by Crippen LogP contribution is -1.91. The number of benzene rings is 8. The summed E-state index contributed by atoms with van der Waals surface area (Å²) in [6.07, 6.45) is 0. The molecule has 0 saturated heterocycles. The Morgan fingerprint density at radius 3 is 1.63 bits per heavy atom. The third-order valence-electron chi connectivity index (χ3n) is 6.82. The zero-order valence-corrected chi connectivity index (χ0v) is 20.4. The van der Waals surface area contributed by atoms with E-state index in [1.807, 2.05) is 0 Å². The molecule has 190 valence electrons. The molecule has 0 aliphatic rings. The fourth-order valence-corrected chi connectivity index (χ4v) is 5.14. The predicted molar refractivity (Wildman–Crippen MR) is 175 cm³/mol. The molecule has 8 aromatic carbocycles. The van der Waals surface area contributed by atoms with E-state index < -0.39 is 232 Å². The molecule has 0 N–H and O–H groups in total. The van der Waals surface area contributed by atoms with Gasteiger partial charge in [0.2, 0.25) is 0 Å². The summed E-state index contributed by atoms with van der Waals surface area (Å²) in [6.45, 7) is 0. The largest absolute Gasteiger partial charge is 0.456 e. The van der Waals surface area contributed by atoms with E-state index in [2.05, 4.69) is 0 Å². The van der Waals surface area contributed by atoms with E-state index in [4.69, 9.17) is 26.3 Å². The van der Waals surface area contributed by atoms with E-state index in [1.165, 1.54) is 0 Å². The second kappa shape index (κ2) is 8.55. The van der Waals surface area contributed by atoms with Crippen LogP contribution in [0.25, 0.3) is 87.3 Å². The lowest BCUT2D eigenvalue weighted by Gasteiger charge is -2.18. The minimum atomic E-state index is -0.944. The van der Waals surface area contributed by atoms with Crippen LogP contribution < -0.4 is 0 Å². The summed E-state index contributed by atoms with van der Waals surface area (Å²) in [4.78, 5) is 0. The third-order valence-corrected chi connectivity index (χ3v) is 6.82. The van der Waals surface area contributed by atoms with Crippen molar-refractivity contribution in [2.45, 2.75) is 0 Å². The zero-order valence-electron chi connectivity index (χ0n) is 44.4. The number of furan rings is 1. The highest BCUT2D eigenvalue weighted by molar-refractivity contribution is 6.26. The molecule has 41 heavy (non-hydrogen) atoms. The minimum absolute atomic E-state index is 0.451. The average molecular weight is 545 g/mol. The Balaban J connectivity index is 1.67. The molecule has 0 fully saturated rings. The topological polar surface area (TPSA) is 13.1 Å². The first-order valence-corrected chi connectivity index (χ1v) is 12.2. The van der Waals surface area contributed by atoms with Crippen molar-refractivity contribution >= 4 is 65.0 Å². The lowest BCUT2D eigenvalue weighted by atomic mass is 9.84. The monoisotopic (exact) mass is 544 g/mol. The number of hydrogen-bond donors (Lipinski definition) is 0. The highest BCUT2D eigenvalue weighted by atomic mass is 16.3. The molecule has 0 bridgehead atoms. The van der Waals surface area contributed by atoms with Crippen molar-refractivity contribution in [2.24, 2.45) is 0 Å². The van der Waals surface area contributed by atoms with Gasteiger partial charge in [0.25, 0.3) is 0 Å². The van der Waals surface area contributed by atoms with Gasteiger partial charge in [-0.25, -0.2) is 0 Å². The molecule has 1 heterocycles. The number of hydrogen-bond acceptors (Lipinski definition) is 1. The predicted octanol–water partition coefficient (Wildman–Crippen LogP) is 11.5. The van der Waals surface area contributed by atoms with Crippen LogP contribution in [0.1, 0.15) is 32.9 Å². The molecule has 1 aromatic heterocycles. The van der Waals surface area contributed by atoms with E-state index >= 15 is 0 Å². The van der Waals surface area contributed by atoms with Gasteiger partial charge in [0.1, 0.15) is 11.2 Å². The van der Waals surface area contributed by atoms with Gasteiger partial charge < -0.3 is 4.42 Å². The second-order valence-electron chi connectivity index (χ2n) is 9.01. The van der Waals surface area contributed by atoms with Crippen LogP contribution in [0.4, 0.5) is 0 Å². The Bertz CT molecular complexity index is 3740. The van der Waals surface area contributed by atoms with Crippen molar-refractivity contribution in [2.75, 3.05) is 0 Å². The fourth-order valence-electron chi connectivity index (χ4n) is 5.14. The number of fused-ring (bicyclic) bond motifs is 7. The molecule has 9 aromatic rings. The molecular weight excluding hydrogens is 496 g/mol. The van der Waals surface area contributed by atoms with Gasteiger partial charge in [0, 0.05) is 10.8 Å². The summed E-state index contributed by atoms with van der Waals surface area (Å²) in [6, 6.07) is -20.4. The maximum absolute atomic E-state index is 9.45. The molecule has 0 atom stereocenters. The summed E-state index contributed by atoms with van der Waals surface area (Å²) >= 11 is 0. The minimum Gasteiger partial charge on any atom is -0.456 e. The van der Waals surface area contributed by atoms with Gasteiger partial charge in [-0.2, -0.15) is 0 Å². The maximum atomic E-state index is 9.45. The van der Waals surface area contributed by atoms with Crippen molar-refractivity contribution in [3.05, 3.63) is 145 Å². The number of rotatable bonds is 2. The van der Waals surface area contributed by atoms with Gasteiger partial charge in [-0.1, -0.05) is 121 Å². The van der Waals surface area contributed by atoms with Gasteiger partial charge >= 0.3 is 0 Å². The summed E-state index contributed by atoms with van der Waals surface area (Å²) in [7, 11) is 0. The molecule has 0 unspecified atom stereocenters. The van der Waals surface area contributed by atoms with Crippen molar-refractivity contribution in [1.29, 1.82) is 0 Å². The molecule has 0 spiro atoms. The van der Waals surface area contributed by atoms with Gasteiger partial charge in [0.05, 0.1) is 32.9 Å². The zero-order chi connectivity index (χ0) is 47.8. The smallest absolute Gasteiger partial charge is 0.136 e. The van der Waals surface area contributed by atoms with Crippen molar-refractivity contribution in [3.8, 4) is 22.3 Å². The molecular formula is C40H24O. The summed E-state index contributed by atoms with van der Waals surface area (Å²) in [5.74, 6) is 0. The normalized spacial score (nSPS) is 20.1. The molecule has 0 amide bonds. The third kappa shape index (κ3) is 3.30. The summed E-state index contributed by atoms with van der Waals surface area (Å²) in [5.41, 5.74) is -3.81. The highest BCUT2D eigenvalue weighted by Gasteiger charge is 2.20. The molecule has 0 saturated carbocycles. The first-order valence-electron chi connectivity index (χ1n) is 24.2. The van der Waals surface area contributed by atoms with Gasteiger partial charge in [-0.05, 0) is 89.5 Å². The second-order valence-corrected chi connectivity index (χ2v) is 9.01. The van der Waals surface area contributed by atoms with Gasteiger partial charge in [-0.3, -0.25) is 0 Å². The molecule has 0 radical (unpaired) electrons. The summed E-state index contributed by atoms with van der Waals surface area (Å²) in [5, 5.41) is -5.68. The molecule has 1 nitrogen and oxygen atoms in total. The maximum Gasteiger partial charge on any atom is 0.136 e. The van der Waals surface area contributed by atoms with Gasteiger partial charge in [-0.15, -0.1) is 0 Å². The Hall–Kier alpha value is -5.40. The van der Waals surface area contributed by atoms with Crippen LogP contribution in [0.5, 0.6) is 0 Å². The van der Waals surface area contributed by atoms with E-state index in [-0.39, 0.29) is 0 Å². The molecule has 0 aliphatic carbocycles. The lowest BCUT2D eigenvalue weighted by molar-refractivity contribution is 0.669. The van der Waals surface area contributed by atoms with Crippen LogP contribution in [-0.2, 0) is 0 Å². The Morgan fingerprint density at radius 1 is 0.390 bits per heavy atom. The van der Waals surface area contributed by atoms with Crippen molar-refractivity contribution in [3.63, 3.8) is 0 Å². The van der Waals surface area contributed by atoms with Gasteiger partial charge in [0.15, 0.2) is 0 Å². The highest BCUT2D eigenvalue weighted by Crippen LogP contribution is 2.47. The van der Waals surface area contributed by atoms with Crippen LogP contribution >= 0.6 is 0 Å². The molecule has 1 heteroatoms. The summed E-state index contributed by atoms with van der Waals surface area (Å²) < 4.78 is 220. The van der Waals surface area contributed by atoms with Crippen LogP contribution in [0.2, 0.25) is 0 Å². The average Bonchev–Trinajstić information content (AvgIpc) is 3.68. The van der Waals surface area contributed by atoms with Crippen molar-refractivity contribution in [1.82, 2.24) is 0 Å². The standard InChI is InChI=1S/C40H24O/c1-2-11-26-22-29(21-20-25(26)10-1)38-30-14-5-7-16-32(30)39(33-17-8-6-15-31(33)38)34-18-9-19-36-40(34)35-23-27-12-3-4-13-28(27)24-37(35)41-36/h1-24H/i1D,2D,3D,4D,5D,6D,7D,8D,9D,10D,11D,12D,13D,14D,15D,16D,17D,18D,19D,20D,21D,22D,23D,24D. The van der Waals surface area contributed by atoms with Crippen molar-refractivity contribution < 1.29 is 37.3 Å². The Kier molecular flexibility index (Phi) is 1.94. The van der Waals surface area contributed by atoms with E-state index in [9.17, 15) is 11.0 Å². The van der Waals surface area contributed by atoms with Crippen LogP contribution in [-0.4, -0.2) is 0 Å². The molecule has 9 rings (SSSR count). The van der Waals surface area contributed by atoms with E-state index in [0.29, 0.717) is 0 Å². The Labute approximate surface area is 270 Å². The SMILES string of the molecule is [2H]c1c([2H])c(-c2c3c([2H])c([2H])c([2H])c([2H])c3c(-c3c([2H])c([2H])c4c([2H])c([2H])c([2H])c([2H])c4c3[2H])c3c([2H])c([2H])c([2H])c([2H])c23)c2c(oc3c([2H])c4c([2H])c([2H])c([2H])c([2H])c4c([2H])c32)c1[2H]. The quantitative estimate of drug-likeness (QED) is 0.197. The molecule has 0 aliphatic heterocycles. The van der Waals surface area contributed by atoms with Crippen LogP contribution in [0, 0.1) is 0 Å². The van der Waals surface area contributed by atoms with E-state index in [0.717, 1.165) is 0 Å². The van der Waals surface area contributed by atoms with Crippen LogP contribution in [0.3, 0.4) is 0 Å². The first kappa shape index (κ1) is 9.33. The van der Waals surface area contributed by atoms with Crippen LogP contribution in [0.15, 0.2) is 149 Å². The first-order chi connectivity index (χ1) is 30.3. The van der Waals surface area contributed by atoms with E-state index in [1.54, 1.807) is 0 Å².